The van der Waals surface area contributed by atoms with E-state index in [0.29, 0.717) is 18.9 Å². The van der Waals surface area contributed by atoms with Crippen LogP contribution in [-0.2, 0) is 6.54 Å². The third-order valence-corrected chi connectivity index (χ3v) is 1.85. The van der Waals surface area contributed by atoms with E-state index in [2.05, 4.69) is 4.98 Å². The smallest absolute Gasteiger partial charge is 0.319 e. The molecule has 0 fully saturated rings. The molecule has 0 saturated heterocycles. The van der Waals surface area contributed by atoms with Crippen LogP contribution in [0.15, 0.2) is 12.4 Å². The Labute approximate surface area is 80.8 Å². The quantitative estimate of drug-likeness (QED) is 0.769. The van der Waals surface area contributed by atoms with Crippen molar-refractivity contribution in [2.45, 2.75) is 13.1 Å². The number of alkyl halides is 2. The Morgan fingerprint density at radius 1 is 1.64 bits per heavy atom. The third kappa shape index (κ3) is 2.74. The van der Waals surface area contributed by atoms with Gasteiger partial charge in [0, 0.05) is 18.9 Å². The first kappa shape index (κ1) is 11.1. The average molecular weight is 205 g/mol. The van der Waals surface area contributed by atoms with E-state index in [9.17, 15) is 8.78 Å². The first-order valence-corrected chi connectivity index (χ1v) is 4.24. The molecule has 1 N–H and O–H groups in total. The summed E-state index contributed by atoms with van der Waals surface area (Å²) in [5.74, 6) is 0.302. The number of imidazole rings is 1. The molecule has 0 spiro atoms. The van der Waals surface area contributed by atoms with Gasteiger partial charge in [0.25, 0.3) is 0 Å². The summed E-state index contributed by atoms with van der Waals surface area (Å²) in [5.41, 5.74) is 0. The van der Waals surface area contributed by atoms with Crippen LogP contribution >= 0.6 is 0 Å². The van der Waals surface area contributed by atoms with Crippen molar-refractivity contribution in [3.8, 4) is 0 Å². The molecule has 0 radical (unpaired) electrons. The Hall–Kier alpha value is -1.01. The Morgan fingerprint density at radius 2 is 2.36 bits per heavy atom. The number of aliphatic hydroxyl groups is 1. The van der Waals surface area contributed by atoms with Crippen LogP contribution in [0.25, 0.3) is 0 Å². The van der Waals surface area contributed by atoms with Crippen LogP contribution in [0.2, 0.25) is 0 Å². The lowest BCUT2D eigenvalue weighted by Gasteiger charge is -2.15. The molecule has 0 bridgehead atoms. The lowest BCUT2D eigenvalue weighted by molar-refractivity contribution is 0.0642. The minimum absolute atomic E-state index is 0.00584. The van der Waals surface area contributed by atoms with Gasteiger partial charge in [-0.2, -0.15) is 8.78 Å². The minimum Gasteiger partial charge on any atom is -0.395 e. The largest absolute Gasteiger partial charge is 0.395 e. The van der Waals surface area contributed by atoms with Crippen molar-refractivity contribution in [1.82, 2.24) is 14.5 Å². The van der Waals surface area contributed by atoms with Crippen molar-refractivity contribution in [3.05, 3.63) is 18.2 Å². The van der Waals surface area contributed by atoms with E-state index in [1.165, 1.54) is 12.4 Å². The molecule has 14 heavy (non-hydrogen) atoms. The van der Waals surface area contributed by atoms with Crippen LogP contribution in [0.1, 0.15) is 12.4 Å². The van der Waals surface area contributed by atoms with Crippen molar-refractivity contribution in [2.75, 3.05) is 20.2 Å². The molecule has 0 unspecified atom stereocenters. The fourth-order valence-electron chi connectivity index (χ4n) is 1.14. The molecule has 0 aliphatic carbocycles. The molecule has 1 aromatic rings. The van der Waals surface area contributed by atoms with E-state index in [4.69, 9.17) is 5.11 Å². The molecule has 1 heterocycles. The lowest BCUT2D eigenvalue weighted by atomic mass is 10.5. The summed E-state index contributed by atoms with van der Waals surface area (Å²) < 4.78 is 25.5. The molecule has 0 aromatic carbocycles. The van der Waals surface area contributed by atoms with Gasteiger partial charge in [-0.25, -0.2) is 4.98 Å². The zero-order valence-corrected chi connectivity index (χ0v) is 7.90. The highest BCUT2D eigenvalue weighted by Crippen LogP contribution is 2.13. The second-order valence-corrected chi connectivity index (χ2v) is 2.99. The molecule has 0 aliphatic heterocycles. The first-order chi connectivity index (χ1) is 6.65. The number of halogens is 2. The van der Waals surface area contributed by atoms with Gasteiger partial charge in [-0.15, -0.1) is 0 Å². The van der Waals surface area contributed by atoms with E-state index >= 15 is 0 Å². The number of likely N-dealkylation sites (N-methyl/N-ethyl adjacent to an activating group) is 1. The average Bonchev–Trinajstić information content (AvgIpc) is 2.52. The molecular formula is C8H13F2N3O. The lowest BCUT2D eigenvalue weighted by Crippen LogP contribution is -2.23. The minimum atomic E-state index is -2.56. The number of hydrogen-bond acceptors (Lipinski definition) is 3. The number of nitrogens with zero attached hydrogens (tertiary/aromatic N) is 3. The molecule has 0 atom stereocenters. The van der Waals surface area contributed by atoms with Crippen LogP contribution in [0.3, 0.4) is 0 Å². The maximum absolute atomic E-state index is 12.4. The molecule has 6 heteroatoms. The summed E-state index contributed by atoms with van der Waals surface area (Å²) in [6.45, 7) is -1.81. The van der Waals surface area contributed by atoms with E-state index in [1.807, 2.05) is 0 Å². The van der Waals surface area contributed by atoms with Crippen molar-refractivity contribution in [2.24, 2.45) is 0 Å². The van der Waals surface area contributed by atoms with Gasteiger partial charge in [0.15, 0.2) is 0 Å². The molecule has 1 aromatic heterocycles. The molecular weight excluding hydrogens is 192 g/mol. The summed E-state index contributed by atoms with van der Waals surface area (Å²) in [6, 6.07) is 0. The molecule has 0 aliphatic rings. The predicted molar refractivity (Wildman–Crippen MR) is 46.9 cm³/mol. The predicted octanol–water partition coefficient (Wildman–Crippen LogP) is 0.702. The summed E-state index contributed by atoms with van der Waals surface area (Å²) in [4.78, 5) is 5.54. The molecule has 80 valence electrons. The first-order valence-electron chi connectivity index (χ1n) is 4.24. The van der Waals surface area contributed by atoms with Gasteiger partial charge < -0.3 is 5.11 Å². The van der Waals surface area contributed by atoms with Crippen molar-refractivity contribution in [3.63, 3.8) is 0 Å². The highest BCUT2D eigenvalue weighted by molar-refractivity contribution is 4.92. The number of rotatable bonds is 5. The summed E-state index contributed by atoms with van der Waals surface area (Å²) in [5, 5.41) is 8.63. The fraction of sp³-hybridized carbons (Fsp3) is 0.625. The normalized spacial score (nSPS) is 11.6. The van der Waals surface area contributed by atoms with Crippen LogP contribution < -0.4 is 0 Å². The van der Waals surface area contributed by atoms with Crippen LogP contribution in [-0.4, -0.2) is 39.8 Å². The Kier molecular flexibility index (Phi) is 3.97. The highest BCUT2D eigenvalue weighted by atomic mass is 19.3. The monoisotopic (exact) mass is 205 g/mol. The van der Waals surface area contributed by atoms with Crippen LogP contribution in [0, 0.1) is 0 Å². The molecule has 1 rings (SSSR count). The summed E-state index contributed by atoms with van der Waals surface area (Å²) >= 11 is 0. The summed E-state index contributed by atoms with van der Waals surface area (Å²) in [7, 11) is 1.74. The Morgan fingerprint density at radius 3 is 2.93 bits per heavy atom. The van der Waals surface area contributed by atoms with Gasteiger partial charge in [0.05, 0.1) is 13.2 Å². The van der Waals surface area contributed by atoms with Gasteiger partial charge >= 0.3 is 6.55 Å². The van der Waals surface area contributed by atoms with Gasteiger partial charge in [-0.3, -0.25) is 9.47 Å². The van der Waals surface area contributed by atoms with Gasteiger partial charge in [0.1, 0.15) is 5.82 Å². The van der Waals surface area contributed by atoms with E-state index in [-0.39, 0.29) is 6.61 Å². The van der Waals surface area contributed by atoms with Crippen molar-refractivity contribution in [1.29, 1.82) is 0 Å². The maximum Gasteiger partial charge on any atom is 0.319 e. The van der Waals surface area contributed by atoms with Crippen molar-refractivity contribution >= 4 is 0 Å². The number of hydrogen-bond donors (Lipinski definition) is 1. The molecule has 4 nitrogen and oxygen atoms in total. The van der Waals surface area contributed by atoms with Gasteiger partial charge in [-0.05, 0) is 7.05 Å². The van der Waals surface area contributed by atoms with Crippen molar-refractivity contribution < 1.29 is 13.9 Å². The second kappa shape index (κ2) is 5.02. The Bertz CT molecular complexity index is 277. The Balaban J connectivity index is 2.61. The van der Waals surface area contributed by atoms with Gasteiger partial charge in [-0.1, -0.05) is 0 Å². The number of aromatic nitrogens is 2. The van der Waals surface area contributed by atoms with Crippen LogP contribution in [0.4, 0.5) is 8.78 Å². The fourth-order valence-corrected chi connectivity index (χ4v) is 1.14. The maximum atomic E-state index is 12.4. The standard InChI is InChI=1S/C8H13F2N3O/c1-12(4-5-14)6-7-11-2-3-13(7)8(9)10/h2-3,8,14H,4-6H2,1H3. The topological polar surface area (TPSA) is 41.3 Å². The highest BCUT2D eigenvalue weighted by Gasteiger charge is 2.12. The SMILES string of the molecule is CN(CCO)Cc1nccn1C(F)F. The zero-order chi connectivity index (χ0) is 10.6. The van der Waals surface area contributed by atoms with Crippen LogP contribution in [0.5, 0.6) is 0 Å². The van der Waals surface area contributed by atoms with Gasteiger partial charge in [0.2, 0.25) is 0 Å². The molecule has 0 saturated carbocycles. The van der Waals surface area contributed by atoms with E-state index in [1.54, 1.807) is 11.9 Å². The second-order valence-electron chi connectivity index (χ2n) is 2.99. The van der Waals surface area contributed by atoms with E-state index < -0.39 is 6.55 Å². The summed E-state index contributed by atoms with van der Waals surface area (Å²) in [6.07, 6.45) is 2.58. The van der Waals surface area contributed by atoms with E-state index in [0.717, 1.165) is 4.57 Å². The third-order valence-electron chi connectivity index (χ3n) is 1.85. The molecule has 0 amide bonds. The zero-order valence-electron chi connectivity index (χ0n) is 7.90. The number of aliphatic hydroxyl groups excluding tert-OH is 1.